The zero-order chi connectivity index (χ0) is 63.6. The molecule has 0 aliphatic rings. The van der Waals surface area contributed by atoms with Gasteiger partial charge in [-0.05, 0) is 147 Å². The Labute approximate surface area is 571 Å². The van der Waals surface area contributed by atoms with Crippen LogP contribution in [0.15, 0.2) is 118 Å². The van der Waals surface area contributed by atoms with Crippen LogP contribution in [-0.2, 0) is 52.3 Å². The number of nitriles is 5. The van der Waals surface area contributed by atoms with Crippen LogP contribution < -0.4 is 40.8 Å². The van der Waals surface area contributed by atoms with Crippen molar-refractivity contribution in [3.63, 3.8) is 0 Å². The Morgan fingerprint density at radius 3 is 1.17 bits per heavy atom. The predicted octanol–water partition coefficient (Wildman–Crippen LogP) is 11.5. The zero-order valence-corrected chi connectivity index (χ0v) is 58.2. The quantitative estimate of drug-likeness (QED) is 0.0405. The first-order chi connectivity index (χ1) is 39.1. The maximum atomic E-state index is 10.6. The number of aryl methyl sites for hydroxylation is 2. The van der Waals surface area contributed by atoms with Crippen molar-refractivity contribution < 1.29 is 83.8 Å². The van der Waals surface area contributed by atoms with Crippen LogP contribution in [0.1, 0.15) is 87.3 Å². The van der Waals surface area contributed by atoms with E-state index in [4.69, 9.17) is 103 Å². The number of carboxylic acid groups (broad SMARTS) is 1. The van der Waals surface area contributed by atoms with E-state index in [-0.39, 0.29) is 87.3 Å². The molecule has 0 aliphatic heterocycles. The van der Waals surface area contributed by atoms with Crippen molar-refractivity contribution in [1.29, 1.82) is 36.8 Å². The second kappa shape index (κ2) is 61.7. The summed E-state index contributed by atoms with van der Waals surface area (Å²) in [5.41, 5.74) is 9.13. The normalized spacial score (nSPS) is 7.59. The number of nitrogens with zero attached hydrogens (tertiary/aromatic N) is 12. The number of aliphatic hydroxyl groups is 1. The van der Waals surface area contributed by atoms with Crippen molar-refractivity contribution in [3.8, 4) is 30.3 Å². The van der Waals surface area contributed by atoms with Gasteiger partial charge in [0.2, 0.25) is 0 Å². The molecule has 6 aromatic rings. The van der Waals surface area contributed by atoms with Crippen LogP contribution in [0.4, 0.5) is 28.4 Å². The molecule has 87 heavy (non-hydrogen) atoms. The third-order valence-corrected chi connectivity index (χ3v) is 9.71. The van der Waals surface area contributed by atoms with E-state index in [1.807, 2.05) is 43.3 Å². The number of aldehydes is 1. The van der Waals surface area contributed by atoms with E-state index in [1.165, 1.54) is 42.8 Å². The van der Waals surface area contributed by atoms with Crippen LogP contribution in [0.3, 0.4) is 0 Å². The van der Waals surface area contributed by atoms with Crippen LogP contribution >= 0.6 is 56.4 Å². The fourth-order valence-electron chi connectivity index (χ4n) is 5.26. The number of hydrogen-bond acceptors (Lipinski definition) is 14. The van der Waals surface area contributed by atoms with Gasteiger partial charge in [-0.1, -0.05) is 79.0 Å². The third-order valence-electron chi connectivity index (χ3n) is 8.15. The first-order valence-corrected chi connectivity index (χ1v) is 26.8. The molecule has 0 heterocycles. The fourth-order valence-corrected chi connectivity index (χ4v) is 7.11. The Morgan fingerprint density at radius 2 is 0.862 bits per heavy atom. The summed E-state index contributed by atoms with van der Waals surface area (Å²) in [6.45, 7) is 53.7. The van der Waals surface area contributed by atoms with E-state index < -0.39 is 5.97 Å². The molecule has 0 radical (unpaired) electrons. The van der Waals surface area contributed by atoms with Crippen molar-refractivity contribution in [2.45, 2.75) is 53.7 Å². The Kier molecular flexibility index (Phi) is 69.1. The van der Waals surface area contributed by atoms with Crippen LogP contribution in [-0.4, -0.2) is 42.1 Å². The summed E-state index contributed by atoms with van der Waals surface area (Å²) in [7, 11) is 1.08. The predicted molar refractivity (Wildman–Crippen MR) is 334 cm³/mol. The smallest absolute Gasteiger partial charge is 0.550 e. The van der Waals surface area contributed by atoms with E-state index in [1.54, 1.807) is 60.7 Å². The number of alkyl halides is 1. The van der Waals surface area contributed by atoms with Gasteiger partial charge in [0, 0.05) is 60.5 Å². The largest absolute Gasteiger partial charge is 2.00 e. The molecule has 0 saturated heterocycles. The minimum absolute atomic E-state index is 0. The molecule has 0 spiro atoms. The summed E-state index contributed by atoms with van der Waals surface area (Å²) in [5.74, 6) is -1.47. The molecule has 6 rings (SSSR count). The topological polar surface area (TPSA) is 359 Å². The Balaban J connectivity index is -0.000000115. The number of esters is 1. The molecular weight excluding hydrogens is 1390 g/mol. The van der Waals surface area contributed by atoms with Crippen LogP contribution in [0.25, 0.3) is 24.2 Å². The average molecular weight is 1440 g/mol. The number of hydrogen-bond donors (Lipinski definition) is 2. The molecule has 0 aromatic heterocycles. The van der Waals surface area contributed by atoms with Crippen molar-refractivity contribution in [3.05, 3.63) is 250 Å². The van der Waals surface area contributed by atoms with Gasteiger partial charge in [-0.25, -0.2) is 24.2 Å². The fraction of sp³-hybridized carbons (Fsp3) is 0.164. The second-order valence-corrected chi connectivity index (χ2v) is 18.2. The number of aliphatic carboxylic acids is 1. The van der Waals surface area contributed by atoms with Crippen LogP contribution in [0.2, 0.25) is 0 Å². The maximum absolute atomic E-state index is 10.6. The summed E-state index contributed by atoms with van der Waals surface area (Å²) in [6.07, 6.45) is 0.621. The standard InChI is InChI=1S/C11H8N2O2.C9H5BrN2.C9H6N2O.C9H4N2O.C9H6N2.C7H6Br2.C2H4O2.C2H7P.2CN.CH4.H3N.Na.H2O.Zn/c1-8(14)15-7-10-3-9(6-12)4-11(5-10)13-2;1-12-9-3-7(5-10)2-8(4-9)6-11;2*1-11-9-3-7(5-10)2-8(4-9)6-12;1-7-3-8(6-10)5-9(4-7)11-2;1-5-2-6(8)4-7(9)3-5;1-2(3)4;1-3-2;2*1-2;;;;;/h3-5H,7H2,1H3;2-4H,5H2;2-4,12H,6H2;2-4,6H;3-5H,1H3;2-4H,1H3;1H3,(H,3,4);3H,1-2H3;;;1H4;1H3;;1H2;/q;;;;;;;;2*-1;;;+1;;+2/p-1. The SMILES string of the molecule is C.CC(=O)[O-].CPC.Cc1cc(Br)cc(Br)c1.N.O.[C-]#N.[C-]#N.[C-]#[N+]c1cc(C#N)cc(C=O)c1.[C-]#[N+]c1cc(C#N)cc(CBr)c1.[C-]#[N+]c1cc(C#N)cc(CO)c1.[C-]#[N+]c1cc(C#N)cc(COC(C)=O)c1.[C-]#[N+]c1cc(C)cc(C#N)c1.[Na+].[Zn+2]. The number of carboxylic acids is 1. The van der Waals surface area contributed by atoms with Gasteiger partial charge in [-0.3, -0.25) is 9.59 Å². The van der Waals surface area contributed by atoms with E-state index in [0.29, 0.717) is 84.6 Å². The Morgan fingerprint density at radius 1 is 0.575 bits per heavy atom. The van der Waals surface area contributed by atoms with Gasteiger partial charge < -0.3 is 55.0 Å². The second-order valence-electron chi connectivity index (χ2n) is 14.8. The van der Waals surface area contributed by atoms with E-state index in [2.05, 4.69) is 104 Å². The molecule has 6 aromatic carbocycles. The van der Waals surface area contributed by atoms with Crippen LogP contribution in [0.5, 0.6) is 0 Å². The molecule has 0 amide bonds. The van der Waals surface area contributed by atoms with Crippen LogP contribution in [0, 0.1) is 127 Å². The van der Waals surface area contributed by atoms with E-state index in [9.17, 15) is 9.59 Å². The van der Waals surface area contributed by atoms with Gasteiger partial charge in [0.15, 0.2) is 28.4 Å². The molecule has 26 heteroatoms. The minimum Gasteiger partial charge on any atom is -0.550 e. The number of aliphatic hydroxyl groups excluding tert-OH is 1. The molecule has 0 saturated carbocycles. The summed E-state index contributed by atoms with van der Waals surface area (Å²) in [6, 6.07) is 39.8. The van der Waals surface area contributed by atoms with Gasteiger partial charge in [0.1, 0.15) is 12.9 Å². The molecular formula is C61H54Br3N13NaO7PZn. The van der Waals surface area contributed by atoms with Gasteiger partial charge in [0.25, 0.3) is 0 Å². The van der Waals surface area contributed by atoms with Crippen molar-refractivity contribution in [1.82, 2.24) is 6.15 Å². The van der Waals surface area contributed by atoms with Gasteiger partial charge in [0.05, 0.1) is 69.8 Å². The number of rotatable bonds is 5. The van der Waals surface area contributed by atoms with Crippen molar-refractivity contribution in [2.75, 3.05) is 13.3 Å². The molecule has 0 fully saturated rings. The molecule has 20 nitrogen and oxygen atoms in total. The zero-order valence-electron chi connectivity index (χ0n) is 47.5. The average Bonchev–Trinajstić information content (AvgIpc) is 3.70. The molecule has 0 unspecified atom stereocenters. The van der Waals surface area contributed by atoms with Crippen molar-refractivity contribution >= 4 is 103 Å². The molecule has 434 valence electrons. The maximum Gasteiger partial charge on any atom is 2.00 e. The molecule has 0 bridgehead atoms. The minimum atomic E-state index is -1.08. The number of carbonyl (C=O) groups excluding carboxylic acids is 3. The molecule has 6 N–H and O–H groups in total. The Hall–Kier alpha value is -8.82. The third kappa shape index (κ3) is 49.2. The number of carbonyl (C=O) groups is 3. The summed E-state index contributed by atoms with van der Waals surface area (Å²) >= 11 is 10.0. The summed E-state index contributed by atoms with van der Waals surface area (Å²) in [4.78, 5) is 45.8. The van der Waals surface area contributed by atoms with E-state index >= 15 is 0 Å². The van der Waals surface area contributed by atoms with Gasteiger partial charge in [-0.15, -0.1) is 8.58 Å². The number of benzene rings is 6. The first-order valence-electron chi connectivity index (χ1n) is 22.1. The monoisotopic (exact) mass is 1440 g/mol. The van der Waals surface area contributed by atoms with Gasteiger partial charge in [-0.2, -0.15) is 26.3 Å². The summed E-state index contributed by atoms with van der Waals surface area (Å²) in [5, 5.41) is 73.7. The number of ether oxygens (including phenoxy) is 1. The molecule has 0 atom stereocenters. The van der Waals surface area contributed by atoms with Crippen molar-refractivity contribution in [2.24, 2.45) is 0 Å². The van der Waals surface area contributed by atoms with E-state index in [0.717, 1.165) is 35.6 Å². The Bertz CT molecular complexity index is 3300. The van der Waals surface area contributed by atoms with Gasteiger partial charge >= 0.3 is 55.0 Å². The molecule has 0 aliphatic carbocycles. The summed E-state index contributed by atoms with van der Waals surface area (Å²) < 4.78 is 7.02. The first kappa shape index (κ1) is 97.3. The number of halogens is 3.